The number of aromatic amines is 1. The van der Waals surface area contributed by atoms with Crippen molar-refractivity contribution in [1.82, 2.24) is 15.3 Å². The molecule has 1 aromatic carbocycles. The first-order valence-corrected chi connectivity index (χ1v) is 10.4. The van der Waals surface area contributed by atoms with E-state index in [0.717, 1.165) is 38.6 Å². The molecular formula is C21H25N4O2S+. The molecule has 3 aromatic rings. The Morgan fingerprint density at radius 2 is 2.00 bits per heavy atom. The highest BCUT2D eigenvalue weighted by molar-refractivity contribution is 7.19. The highest BCUT2D eigenvalue weighted by atomic mass is 32.1. The van der Waals surface area contributed by atoms with Crippen molar-refractivity contribution in [1.29, 1.82) is 0 Å². The largest absolute Gasteiger partial charge is 0.348 e. The Bertz CT molecular complexity index is 1080. The summed E-state index contributed by atoms with van der Waals surface area (Å²) in [7, 11) is 1.94. The number of rotatable bonds is 6. The number of H-pyrrole nitrogens is 1. The average Bonchev–Trinajstić information content (AvgIpc) is 3.36. The van der Waals surface area contributed by atoms with Crippen molar-refractivity contribution in [3.8, 4) is 11.1 Å². The molecule has 1 amide bonds. The summed E-state index contributed by atoms with van der Waals surface area (Å²) in [5, 5.41) is 3.65. The Hall–Kier alpha value is -2.51. The highest BCUT2D eigenvalue weighted by Gasteiger charge is 2.25. The SMILES string of the molecule is Cc1ccc(-c2c(C)sc3nc(C[NH+](C)CC(=O)NC4CC4)[nH]c(=O)c23)cc1. The summed E-state index contributed by atoms with van der Waals surface area (Å²) in [6.45, 7) is 4.95. The number of thiophene rings is 1. The second kappa shape index (κ2) is 7.48. The molecule has 2 heterocycles. The number of nitrogens with zero attached hydrogens (tertiary/aromatic N) is 1. The molecule has 2 aromatic heterocycles. The molecule has 7 heteroatoms. The zero-order valence-corrected chi connectivity index (χ0v) is 17.2. The molecule has 1 atom stereocenters. The summed E-state index contributed by atoms with van der Waals surface area (Å²) < 4.78 is 0. The van der Waals surface area contributed by atoms with E-state index in [1.165, 1.54) is 5.56 Å². The molecule has 3 N–H and O–H groups in total. The van der Waals surface area contributed by atoms with Crippen molar-refractivity contribution in [2.75, 3.05) is 13.6 Å². The third-order valence-electron chi connectivity index (χ3n) is 5.00. The van der Waals surface area contributed by atoms with Crippen LogP contribution in [0.5, 0.6) is 0 Å². The van der Waals surface area contributed by atoms with Crippen LogP contribution in [0.1, 0.15) is 29.1 Å². The minimum atomic E-state index is -0.116. The van der Waals surface area contributed by atoms with Crippen molar-refractivity contribution >= 4 is 27.5 Å². The number of likely N-dealkylation sites (N-methyl/N-ethyl adjacent to an activating group) is 1. The van der Waals surface area contributed by atoms with E-state index in [1.54, 1.807) is 11.3 Å². The lowest BCUT2D eigenvalue weighted by molar-refractivity contribution is -0.886. The van der Waals surface area contributed by atoms with E-state index in [2.05, 4.69) is 22.4 Å². The van der Waals surface area contributed by atoms with Crippen LogP contribution < -0.4 is 15.8 Å². The molecule has 146 valence electrons. The fraction of sp³-hybridized carbons (Fsp3) is 0.381. The van der Waals surface area contributed by atoms with Crippen molar-refractivity contribution in [3.05, 3.63) is 50.9 Å². The third-order valence-corrected chi connectivity index (χ3v) is 6.00. The quantitative estimate of drug-likeness (QED) is 0.591. The molecule has 6 nitrogen and oxygen atoms in total. The number of aryl methyl sites for hydroxylation is 2. The molecule has 0 saturated heterocycles. The number of hydrogen-bond acceptors (Lipinski definition) is 4. The number of benzene rings is 1. The molecule has 0 radical (unpaired) electrons. The van der Waals surface area contributed by atoms with Gasteiger partial charge in [-0.15, -0.1) is 11.3 Å². The maximum Gasteiger partial charge on any atom is 0.275 e. The molecule has 0 aliphatic heterocycles. The van der Waals surface area contributed by atoms with Crippen LogP contribution >= 0.6 is 11.3 Å². The molecule has 0 spiro atoms. The Labute approximate surface area is 167 Å². The van der Waals surface area contributed by atoms with E-state index in [9.17, 15) is 9.59 Å². The van der Waals surface area contributed by atoms with Gasteiger partial charge < -0.3 is 15.2 Å². The molecule has 4 rings (SSSR count). The van der Waals surface area contributed by atoms with E-state index in [1.807, 2.05) is 33.0 Å². The van der Waals surface area contributed by atoms with E-state index in [4.69, 9.17) is 4.98 Å². The lowest BCUT2D eigenvalue weighted by Gasteiger charge is -2.13. The first-order valence-electron chi connectivity index (χ1n) is 9.60. The minimum Gasteiger partial charge on any atom is -0.348 e. The number of amides is 1. The average molecular weight is 398 g/mol. The van der Waals surface area contributed by atoms with Crippen molar-refractivity contribution in [3.63, 3.8) is 0 Å². The first-order chi connectivity index (χ1) is 13.4. The summed E-state index contributed by atoms with van der Waals surface area (Å²) >= 11 is 1.54. The van der Waals surface area contributed by atoms with Crippen LogP contribution in [0.25, 0.3) is 21.3 Å². The highest BCUT2D eigenvalue weighted by Crippen LogP contribution is 2.35. The minimum absolute atomic E-state index is 0.0528. The van der Waals surface area contributed by atoms with Crippen molar-refractivity contribution in [2.45, 2.75) is 39.3 Å². The number of carbonyl (C=O) groups is 1. The van der Waals surface area contributed by atoms with E-state index in [0.29, 0.717) is 30.3 Å². The second-order valence-corrected chi connectivity index (χ2v) is 8.95. The van der Waals surface area contributed by atoms with Gasteiger partial charge in [0, 0.05) is 16.5 Å². The summed E-state index contributed by atoms with van der Waals surface area (Å²) in [5.74, 6) is 0.669. The van der Waals surface area contributed by atoms with Gasteiger partial charge in [0.05, 0.1) is 12.4 Å². The number of aromatic nitrogens is 2. The number of quaternary nitrogens is 1. The molecule has 0 bridgehead atoms. The molecule has 1 saturated carbocycles. The van der Waals surface area contributed by atoms with Crippen LogP contribution in [0.2, 0.25) is 0 Å². The van der Waals surface area contributed by atoms with Gasteiger partial charge in [-0.3, -0.25) is 9.59 Å². The van der Waals surface area contributed by atoms with Gasteiger partial charge in [-0.25, -0.2) is 4.98 Å². The van der Waals surface area contributed by atoms with Gasteiger partial charge in [-0.05, 0) is 32.3 Å². The van der Waals surface area contributed by atoms with Gasteiger partial charge in [0.2, 0.25) is 0 Å². The standard InChI is InChI=1S/C21H24N4O2S/c1-12-4-6-14(7-5-12)18-13(2)28-21-19(18)20(27)23-16(24-21)10-25(3)11-17(26)22-15-8-9-15/h4-7,15H,8-11H2,1-3H3,(H,22,26)(H,23,24,27)/p+1. The predicted molar refractivity (Wildman–Crippen MR) is 112 cm³/mol. The molecular weight excluding hydrogens is 372 g/mol. The maximum absolute atomic E-state index is 12.9. The Morgan fingerprint density at radius 3 is 2.68 bits per heavy atom. The number of nitrogens with one attached hydrogen (secondary N) is 3. The van der Waals surface area contributed by atoms with E-state index < -0.39 is 0 Å². The van der Waals surface area contributed by atoms with Gasteiger partial charge in [0.1, 0.15) is 11.4 Å². The van der Waals surface area contributed by atoms with Gasteiger partial charge in [0.15, 0.2) is 12.4 Å². The van der Waals surface area contributed by atoms with E-state index >= 15 is 0 Å². The summed E-state index contributed by atoms with van der Waals surface area (Å²) in [6, 6.07) is 8.57. The van der Waals surface area contributed by atoms with Crippen molar-refractivity contribution in [2.24, 2.45) is 0 Å². The maximum atomic E-state index is 12.9. The monoisotopic (exact) mass is 397 g/mol. The van der Waals surface area contributed by atoms with Crippen LogP contribution in [0.3, 0.4) is 0 Å². The van der Waals surface area contributed by atoms with E-state index in [-0.39, 0.29) is 11.5 Å². The number of fused-ring (bicyclic) bond motifs is 1. The Kier molecular flexibility index (Phi) is 5.03. The number of hydrogen-bond donors (Lipinski definition) is 3. The summed E-state index contributed by atoms with van der Waals surface area (Å²) in [5.41, 5.74) is 3.07. The zero-order valence-electron chi connectivity index (χ0n) is 16.4. The van der Waals surface area contributed by atoms with Gasteiger partial charge in [-0.1, -0.05) is 29.8 Å². The Balaban J connectivity index is 1.59. The fourth-order valence-corrected chi connectivity index (χ4v) is 4.51. The van der Waals surface area contributed by atoms with Gasteiger partial charge in [-0.2, -0.15) is 0 Å². The first kappa shape index (κ1) is 18.8. The topological polar surface area (TPSA) is 79.3 Å². The van der Waals surface area contributed by atoms with Crippen LogP contribution in [0.15, 0.2) is 29.1 Å². The third kappa shape index (κ3) is 4.00. The normalized spacial score (nSPS) is 15.0. The lowest BCUT2D eigenvalue weighted by atomic mass is 10.0. The molecule has 1 unspecified atom stereocenters. The van der Waals surface area contributed by atoms with Crippen LogP contribution in [-0.2, 0) is 11.3 Å². The molecule has 28 heavy (non-hydrogen) atoms. The fourth-order valence-electron chi connectivity index (χ4n) is 3.44. The van der Waals surface area contributed by atoms with Crippen molar-refractivity contribution < 1.29 is 9.69 Å². The summed E-state index contributed by atoms with van der Waals surface area (Å²) in [4.78, 5) is 35.3. The smallest absolute Gasteiger partial charge is 0.275 e. The predicted octanol–water partition coefficient (Wildman–Crippen LogP) is 1.56. The lowest BCUT2D eigenvalue weighted by Crippen LogP contribution is -3.09. The Morgan fingerprint density at radius 1 is 1.29 bits per heavy atom. The zero-order chi connectivity index (χ0) is 19.8. The van der Waals surface area contributed by atoms with Gasteiger partial charge >= 0.3 is 0 Å². The summed E-state index contributed by atoms with van der Waals surface area (Å²) in [6.07, 6.45) is 2.16. The van der Waals surface area contributed by atoms with Gasteiger partial charge in [0.25, 0.3) is 11.5 Å². The molecule has 1 fully saturated rings. The molecule has 1 aliphatic rings. The molecule has 1 aliphatic carbocycles. The van der Waals surface area contributed by atoms with Crippen LogP contribution in [-0.4, -0.2) is 35.5 Å². The van der Waals surface area contributed by atoms with Crippen LogP contribution in [0.4, 0.5) is 0 Å². The number of carbonyl (C=O) groups excluding carboxylic acids is 1. The second-order valence-electron chi connectivity index (χ2n) is 7.74. The van der Waals surface area contributed by atoms with Crippen LogP contribution in [0, 0.1) is 13.8 Å².